The topological polar surface area (TPSA) is 54.8 Å². The third kappa shape index (κ3) is 6.02. The number of amides is 1. The van der Waals surface area contributed by atoms with Crippen LogP contribution in [-0.4, -0.2) is 34.1 Å². The van der Waals surface area contributed by atoms with Crippen LogP contribution in [0.5, 0.6) is 0 Å². The van der Waals surface area contributed by atoms with Crippen molar-refractivity contribution in [3.05, 3.63) is 138 Å². The lowest BCUT2D eigenvalue weighted by Gasteiger charge is -2.26. The number of likely N-dealkylation sites (tertiary alicyclic amines) is 1. The molecule has 5 aromatic rings. The number of rotatable bonds is 8. The molecule has 1 aromatic heterocycles. The highest BCUT2D eigenvalue weighted by Crippen LogP contribution is 2.28. The number of hydrogen-bond acceptors (Lipinski definition) is 4. The van der Waals surface area contributed by atoms with Crippen LogP contribution >= 0.6 is 0 Å². The van der Waals surface area contributed by atoms with Crippen LogP contribution in [0.25, 0.3) is 10.9 Å². The van der Waals surface area contributed by atoms with Crippen molar-refractivity contribution in [2.75, 3.05) is 11.4 Å². The molecule has 2 heterocycles. The van der Waals surface area contributed by atoms with Crippen molar-refractivity contribution in [3.63, 3.8) is 0 Å². The van der Waals surface area contributed by atoms with Gasteiger partial charge >= 0.3 is 6.09 Å². The van der Waals surface area contributed by atoms with Crippen LogP contribution in [0.15, 0.2) is 121 Å². The summed E-state index contributed by atoms with van der Waals surface area (Å²) < 4.78 is 7.24. The SMILES string of the molecule is O=C(OCc1ccccc1)N1CCCC1C(=O)n1ccc2cc(N(Cc3ccccc3)Cc3ccccc3)ccc21. The number of fused-ring (bicyclic) bond motifs is 1. The fourth-order valence-corrected chi connectivity index (χ4v) is 5.57. The molecule has 6 nitrogen and oxygen atoms in total. The van der Waals surface area contributed by atoms with Gasteiger partial charge in [0.25, 0.3) is 5.91 Å². The van der Waals surface area contributed by atoms with E-state index in [1.54, 1.807) is 9.47 Å². The third-order valence-electron chi connectivity index (χ3n) is 7.69. The van der Waals surface area contributed by atoms with Gasteiger partial charge in [-0.3, -0.25) is 14.3 Å². The second-order valence-electron chi connectivity index (χ2n) is 10.5. The van der Waals surface area contributed by atoms with E-state index in [-0.39, 0.29) is 12.5 Å². The highest BCUT2D eigenvalue weighted by atomic mass is 16.6. The Morgan fingerprint density at radius 3 is 2.00 bits per heavy atom. The summed E-state index contributed by atoms with van der Waals surface area (Å²) in [5, 5.41) is 0.984. The molecule has 0 bridgehead atoms. The van der Waals surface area contributed by atoms with Crippen LogP contribution < -0.4 is 4.90 Å². The maximum Gasteiger partial charge on any atom is 0.410 e. The molecule has 0 N–H and O–H groups in total. The van der Waals surface area contributed by atoms with Crippen LogP contribution in [-0.2, 0) is 24.4 Å². The van der Waals surface area contributed by atoms with E-state index >= 15 is 0 Å². The summed E-state index contributed by atoms with van der Waals surface area (Å²) in [7, 11) is 0. The monoisotopic (exact) mass is 543 g/mol. The summed E-state index contributed by atoms with van der Waals surface area (Å²) in [6.45, 7) is 2.24. The third-order valence-corrected chi connectivity index (χ3v) is 7.69. The van der Waals surface area contributed by atoms with Gasteiger partial charge in [0.1, 0.15) is 12.6 Å². The number of carbonyl (C=O) groups excluding carboxylic acids is 2. The average molecular weight is 544 g/mol. The van der Waals surface area contributed by atoms with E-state index in [1.165, 1.54) is 11.1 Å². The molecule has 1 aliphatic heterocycles. The second-order valence-corrected chi connectivity index (χ2v) is 10.5. The Morgan fingerprint density at radius 1 is 0.756 bits per heavy atom. The predicted octanol–water partition coefficient (Wildman–Crippen LogP) is 7.29. The lowest BCUT2D eigenvalue weighted by atomic mass is 10.1. The quantitative estimate of drug-likeness (QED) is 0.206. The molecule has 41 heavy (non-hydrogen) atoms. The van der Waals surface area contributed by atoms with Gasteiger partial charge in [-0.15, -0.1) is 0 Å². The number of aromatic nitrogens is 1. The Labute approximate surface area is 240 Å². The molecule has 1 unspecified atom stereocenters. The number of nitrogens with zero attached hydrogens (tertiary/aromatic N) is 3. The molecule has 0 radical (unpaired) electrons. The first-order valence-corrected chi connectivity index (χ1v) is 14.1. The van der Waals surface area contributed by atoms with Crippen molar-refractivity contribution in [1.29, 1.82) is 0 Å². The number of carbonyl (C=O) groups is 2. The molecule has 4 aromatic carbocycles. The number of hydrogen-bond donors (Lipinski definition) is 0. The highest BCUT2D eigenvalue weighted by molar-refractivity contribution is 5.97. The Hall–Kier alpha value is -4.84. The maximum atomic E-state index is 13.7. The Morgan fingerprint density at radius 2 is 1.37 bits per heavy atom. The molecule has 0 aliphatic carbocycles. The van der Waals surface area contributed by atoms with Crippen LogP contribution in [0.3, 0.4) is 0 Å². The molecular formula is C35H33N3O3. The van der Waals surface area contributed by atoms with Gasteiger partial charge in [0.15, 0.2) is 0 Å². The predicted molar refractivity (Wildman–Crippen MR) is 162 cm³/mol. The van der Waals surface area contributed by atoms with E-state index in [1.807, 2.05) is 60.8 Å². The van der Waals surface area contributed by atoms with E-state index < -0.39 is 12.1 Å². The number of ether oxygens (including phenoxy) is 1. The molecule has 1 fully saturated rings. The van der Waals surface area contributed by atoms with E-state index in [2.05, 4.69) is 65.6 Å². The minimum atomic E-state index is -0.541. The normalized spacial score (nSPS) is 14.7. The summed E-state index contributed by atoms with van der Waals surface area (Å²) in [5.41, 5.74) is 5.31. The van der Waals surface area contributed by atoms with Gasteiger partial charge in [-0.25, -0.2) is 4.79 Å². The number of anilines is 1. The fourth-order valence-electron chi connectivity index (χ4n) is 5.57. The van der Waals surface area contributed by atoms with Crippen molar-refractivity contribution >= 4 is 28.6 Å². The molecule has 0 spiro atoms. The first-order valence-electron chi connectivity index (χ1n) is 14.1. The van der Waals surface area contributed by atoms with Gasteiger partial charge in [0, 0.05) is 36.9 Å². The highest BCUT2D eigenvalue weighted by Gasteiger charge is 2.36. The van der Waals surface area contributed by atoms with Gasteiger partial charge in [-0.2, -0.15) is 0 Å². The molecule has 0 saturated carbocycles. The van der Waals surface area contributed by atoms with E-state index in [0.717, 1.165) is 41.7 Å². The zero-order chi connectivity index (χ0) is 28.0. The first kappa shape index (κ1) is 26.4. The molecule has 1 atom stereocenters. The van der Waals surface area contributed by atoms with Gasteiger partial charge in [-0.1, -0.05) is 91.0 Å². The molecule has 1 amide bonds. The smallest absolute Gasteiger partial charge is 0.410 e. The van der Waals surface area contributed by atoms with E-state index in [4.69, 9.17) is 4.74 Å². The first-order chi connectivity index (χ1) is 20.2. The van der Waals surface area contributed by atoms with Crippen molar-refractivity contribution in [2.45, 2.75) is 38.6 Å². The molecule has 6 rings (SSSR count). The summed E-state index contributed by atoms with van der Waals surface area (Å²) in [6.07, 6.45) is 2.77. The van der Waals surface area contributed by atoms with Crippen LogP contribution in [0.4, 0.5) is 10.5 Å². The minimum Gasteiger partial charge on any atom is -0.445 e. The van der Waals surface area contributed by atoms with E-state index in [0.29, 0.717) is 13.0 Å². The van der Waals surface area contributed by atoms with Crippen LogP contribution in [0.1, 0.15) is 34.3 Å². The summed E-state index contributed by atoms with van der Waals surface area (Å²) >= 11 is 0. The van der Waals surface area contributed by atoms with E-state index in [9.17, 15) is 9.59 Å². The molecule has 6 heteroatoms. The average Bonchev–Trinajstić information content (AvgIpc) is 3.68. The van der Waals surface area contributed by atoms with Gasteiger partial charge < -0.3 is 9.64 Å². The fraction of sp³-hybridized carbons (Fsp3) is 0.200. The van der Waals surface area contributed by atoms with Gasteiger partial charge in [0.2, 0.25) is 0 Å². The van der Waals surface area contributed by atoms with Crippen molar-refractivity contribution in [3.8, 4) is 0 Å². The molecule has 206 valence electrons. The zero-order valence-corrected chi connectivity index (χ0v) is 22.9. The second kappa shape index (κ2) is 12.1. The van der Waals surface area contributed by atoms with Crippen molar-refractivity contribution in [2.24, 2.45) is 0 Å². The Kier molecular flexibility index (Phi) is 7.81. The summed E-state index contributed by atoms with van der Waals surface area (Å²) in [4.78, 5) is 30.6. The van der Waals surface area contributed by atoms with Gasteiger partial charge in [0.05, 0.1) is 5.52 Å². The summed E-state index contributed by atoms with van der Waals surface area (Å²) in [5.74, 6) is -0.104. The Balaban J connectivity index is 1.21. The summed E-state index contributed by atoms with van der Waals surface area (Å²) in [6, 6.07) is 38.2. The van der Waals surface area contributed by atoms with Crippen LogP contribution in [0, 0.1) is 0 Å². The lowest BCUT2D eigenvalue weighted by molar-refractivity contribution is 0.0679. The zero-order valence-electron chi connectivity index (χ0n) is 22.9. The molecule has 1 aliphatic rings. The Bertz CT molecular complexity index is 1570. The minimum absolute atomic E-state index is 0.104. The maximum absolute atomic E-state index is 13.7. The standard InChI is InChI=1S/C35H33N3O3/c39-34(33-17-10-21-38(33)35(40)41-26-29-15-8-3-9-16-29)37-22-20-30-23-31(18-19-32(30)37)36(24-27-11-4-1-5-12-27)25-28-13-6-2-7-14-28/h1-9,11-16,18-20,22-23,33H,10,17,21,24-26H2. The van der Waals surface area contributed by atoms with Gasteiger partial charge in [-0.05, 0) is 53.8 Å². The molecular weight excluding hydrogens is 510 g/mol. The largest absolute Gasteiger partial charge is 0.445 e. The molecule has 1 saturated heterocycles. The number of benzene rings is 4. The van der Waals surface area contributed by atoms with Crippen LogP contribution in [0.2, 0.25) is 0 Å². The lowest BCUT2D eigenvalue weighted by Crippen LogP contribution is -2.42. The van der Waals surface area contributed by atoms with Crippen molar-refractivity contribution < 1.29 is 14.3 Å². The van der Waals surface area contributed by atoms with Crippen molar-refractivity contribution in [1.82, 2.24) is 9.47 Å².